The van der Waals surface area contributed by atoms with Crippen molar-refractivity contribution >= 4 is 22.6 Å². The highest BCUT2D eigenvalue weighted by Gasteiger charge is 2.12. The van der Waals surface area contributed by atoms with E-state index < -0.39 is 0 Å². The summed E-state index contributed by atoms with van der Waals surface area (Å²) in [6.07, 6.45) is 1.89. The maximum Gasteiger partial charge on any atom is 0.228 e. The summed E-state index contributed by atoms with van der Waals surface area (Å²) >= 11 is 0. The van der Waals surface area contributed by atoms with Gasteiger partial charge in [-0.2, -0.15) is 0 Å². The van der Waals surface area contributed by atoms with Crippen LogP contribution in [0.15, 0.2) is 53.1 Å². The van der Waals surface area contributed by atoms with Crippen molar-refractivity contribution in [2.24, 2.45) is 7.05 Å². The lowest BCUT2D eigenvalue weighted by Crippen LogP contribution is -2.14. The summed E-state index contributed by atoms with van der Waals surface area (Å²) < 4.78 is 7.14. The highest BCUT2D eigenvalue weighted by atomic mass is 16.3. The second-order valence-electron chi connectivity index (χ2n) is 6.19. The third-order valence-corrected chi connectivity index (χ3v) is 4.19. The monoisotopic (exact) mass is 347 g/mol. The van der Waals surface area contributed by atoms with Gasteiger partial charge >= 0.3 is 0 Å². The largest absolute Gasteiger partial charge is 0.464 e. The van der Waals surface area contributed by atoms with Gasteiger partial charge in [0.05, 0.1) is 12.7 Å². The Morgan fingerprint density at radius 1 is 1.23 bits per heavy atom. The van der Waals surface area contributed by atoms with Gasteiger partial charge in [-0.05, 0) is 41.1 Å². The standard InChI is InChI=1S/C19H17N5O2/c1-12-6-7-16-14(11-26-17(16)8-12)10-18(25)20-15-5-3-4-13(9-15)19-21-22-23-24(19)2/h3-9,11H,10H2,1-2H3,(H,20,25). The van der Waals surface area contributed by atoms with Crippen molar-refractivity contribution in [2.45, 2.75) is 13.3 Å². The Morgan fingerprint density at radius 2 is 2.12 bits per heavy atom. The molecule has 4 rings (SSSR count). The number of rotatable bonds is 4. The lowest BCUT2D eigenvalue weighted by atomic mass is 10.1. The molecule has 4 aromatic rings. The number of benzene rings is 2. The van der Waals surface area contributed by atoms with Crippen molar-refractivity contribution in [2.75, 3.05) is 5.32 Å². The molecule has 1 N–H and O–H groups in total. The van der Waals surface area contributed by atoms with Crippen LogP contribution < -0.4 is 5.32 Å². The minimum Gasteiger partial charge on any atom is -0.464 e. The van der Waals surface area contributed by atoms with Crippen LogP contribution in [-0.2, 0) is 18.3 Å². The molecule has 0 unspecified atom stereocenters. The summed E-state index contributed by atoms with van der Waals surface area (Å²) in [4.78, 5) is 12.5. The van der Waals surface area contributed by atoms with Gasteiger partial charge in [0, 0.05) is 29.2 Å². The first kappa shape index (κ1) is 16.0. The van der Waals surface area contributed by atoms with Gasteiger partial charge in [-0.1, -0.05) is 24.3 Å². The van der Waals surface area contributed by atoms with Crippen LogP contribution in [-0.4, -0.2) is 26.1 Å². The van der Waals surface area contributed by atoms with E-state index >= 15 is 0 Å². The molecule has 0 saturated heterocycles. The fourth-order valence-electron chi connectivity index (χ4n) is 2.92. The third-order valence-electron chi connectivity index (χ3n) is 4.19. The molecular weight excluding hydrogens is 330 g/mol. The molecule has 0 atom stereocenters. The van der Waals surface area contributed by atoms with Crippen LogP contribution in [0, 0.1) is 6.92 Å². The number of anilines is 1. The van der Waals surface area contributed by atoms with E-state index in [4.69, 9.17) is 4.42 Å². The second-order valence-corrected chi connectivity index (χ2v) is 6.19. The molecule has 0 saturated carbocycles. The van der Waals surface area contributed by atoms with E-state index in [1.54, 1.807) is 18.0 Å². The molecule has 130 valence electrons. The van der Waals surface area contributed by atoms with Crippen molar-refractivity contribution in [1.82, 2.24) is 20.2 Å². The van der Waals surface area contributed by atoms with Crippen molar-refractivity contribution in [3.05, 3.63) is 59.9 Å². The molecule has 0 aliphatic carbocycles. The first-order chi connectivity index (χ1) is 12.6. The summed E-state index contributed by atoms with van der Waals surface area (Å²) in [7, 11) is 1.77. The highest BCUT2D eigenvalue weighted by Crippen LogP contribution is 2.24. The number of carbonyl (C=O) groups is 1. The Bertz CT molecular complexity index is 1100. The number of fused-ring (bicyclic) bond motifs is 1. The van der Waals surface area contributed by atoms with E-state index in [2.05, 4.69) is 20.8 Å². The Balaban J connectivity index is 1.52. The van der Waals surface area contributed by atoms with Crippen LogP contribution in [0.4, 0.5) is 5.69 Å². The molecule has 1 amide bonds. The summed E-state index contributed by atoms with van der Waals surface area (Å²) in [6.45, 7) is 2.01. The smallest absolute Gasteiger partial charge is 0.228 e. The topological polar surface area (TPSA) is 85.8 Å². The van der Waals surface area contributed by atoms with Crippen molar-refractivity contribution < 1.29 is 9.21 Å². The number of carbonyl (C=O) groups excluding carboxylic acids is 1. The zero-order valence-corrected chi connectivity index (χ0v) is 14.4. The number of tetrazole rings is 1. The minimum absolute atomic E-state index is 0.110. The van der Waals surface area contributed by atoms with Crippen molar-refractivity contribution in [3.8, 4) is 11.4 Å². The Morgan fingerprint density at radius 3 is 2.92 bits per heavy atom. The van der Waals surface area contributed by atoms with E-state index in [1.165, 1.54) is 0 Å². The molecule has 2 aromatic heterocycles. The van der Waals surface area contributed by atoms with Crippen LogP contribution in [0.25, 0.3) is 22.4 Å². The average molecular weight is 347 g/mol. The number of aromatic nitrogens is 4. The molecule has 0 radical (unpaired) electrons. The van der Waals surface area contributed by atoms with Gasteiger partial charge in [-0.25, -0.2) is 4.68 Å². The number of nitrogens with zero attached hydrogens (tertiary/aromatic N) is 4. The first-order valence-corrected chi connectivity index (χ1v) is 8.19. The predicted octanol–water partition coefficient (Wildman–Crippen LogP) is 3.11. The number of aryl methyl sites for hydroxylation is 2. The molecular formula is C19H17N5O2. The zero-order chi connectivity index (χ0) is 18.1. The molecule has 26 heavy (non-hydrogen) atoms. The van der Waals surface area contributed by atoms with E-state index in [-0.39, 0.29) is 12.3 Å². The lowest BCUT2D eigenvalue weighted by molar-refractivity contribution is -0.115. The number of amides is 1. The molecule has 7 nitrogen and oxygen atoms in total. The van der Waals surface area contributed by atoms with Gasteiger partial charge < -0.3 is 9.73 Å². The number of hydrogen-bond acceptors (Lipinski definition) is 5. The first-order valence-electron chi connectivity index (χ1n) is 8.19. The van der Waals surface area contributed by atoms with Gasteiger partial charge in [0.2, 0.25) is 5.91 Å². The van der Waals surface area contributed by atoms with E-state index in [9.17, 15) is 4.79 Å². The maximum absolute atomic E-state index is 12.5. The van der Waals surface area contributed by atoms with Gasteiger partial charge in [0.1, 0.15) is 5.58 Å². The summed E-state index contributed by atoms with van der Waals surface area (Å²) in [5.41, 5.74) is 4.31. The van der Waals surface area contributed by atoms with E-state index in [1.807, 2.05) is 49.4 Å². The molecule has 0 aliphatic heterocycles. The van der Waals surface area contributed by atoms with Crippen LogP contribution >= 0.6 is 0 Å². The van der Waals surface area contributed by atoms with Gasteiger partial charge in [0.25, 0.3) is 0 Å². The molecule has 0 aliphatic rings. The normalized spacial score (nSPS) is 11.0. The van der Waals surface area contributed by atoms with Gasteiger partial charge in [-0.15, -0.1) is 5.10 Å². The molecule has 0 fully saturated rings. The molecule has 0 bridgehead atoms. The van der Waals surface area contributed by atoms with Crippen LogP contribution in [0.5, 0.6) is 0 Å². The lowest BCUT2D eigenvalue weighted by Gasteiger charge is -2.06. The fraction of sp³-hybridized carbons (Fsp3) is 0.158. The SMILES string of the molecule is Cc1ccc2c(CC(=O)Nc3cccc(-c4nnnn4C)c3)coc2c1. The van der Waals surface area contributed by atoms with Crippen LogP contribution in [0.2, 0.25) is 0 Å². The Hall–Kier alpha value is -3.48. The molecule has 7 heteroatoms. The molecule has 0 spiro atoms. The predicted molar refractivity (Wildman–Crippen MR) is 97.5 cm³/mol. The summed E-state index contributed by atoms with van der Waals surface area (Å²) in [5, 5.41) is 15.3. The minimum atomic E-state index is -0.110. The van der Waals surface area contributed by atoms with E-state index in [0.29, 0.717) is 11.5 Å². The number of furan rings is 1. The average Bonchev–Trinajstić information content (AvgIpc) is 3.21. The Kier molecular flexibility index (Phi) is 3.96. The maximum atomic E-state index is 12.5. The number of hydrogen-bond donors (Lipinski definition) is 1. The van der Waals surface area contributed by atoms with E-state index in [0.717, 1.165) is 27.7 Å². The quantitative estimate of drug-likeness (QED) is 0.613. The van der Waals surface area contributed by atoms with Crippen molar-refractivity contribution in [1.29, 1.82) is 0 Å². The van der Waals surface area contributed by atoms with Crippen LogP contribution in [0.1, 0.15) is 11.1 Å². The molecule has 2 aromatic carbocycles. The van der Waals surface area contributed by atoms with Crippen LogP contribution in [0.3, 0.4) is 0 Å². The third kappa shape index (κ3) is 3.06. The Labute approximate surface area is 149 Å². The van der Waals surface area contributed by atoms with Gasteiger partial charge in [-0.3, -0.25) is 4.79 Å². The summed E-state index contributed by atoms with van der Waals surface area (Å²) in [6, 6.07) is 13.4. The highest BCUT2D eigenvalue weighted by molar-refractivity contribution is 5.95. The fourth-order valence-corrected chi connectivity index (χ4v) is 2.92. The second kappa shape index (κ2) is 6.44. The zero-order valence-electron chi connectivity index (χ0n) is 14.4. The van der Waals surface area contributed by atoms with Crippen molar-refractivity contribution in [3.63, 3.8) is 0 Å². The number of nitrogens with one attached hydrogen (secondary N) is 1. The van der Waals surface area contributed by atoms with Gasteiger partial charge in [0.15, 0.2) is 5.82 Å². The summed E-state index contributed by atoms with van der Waals surface area (Å²) in [5.74, 6) is 0.527. The molecule has 2 heterocycles.